The zero-order valence-corrected chi connectivity index (χ0v) is 10.8. The van der Waals surface area contributed by atoms with Gasteiger partial charge in [0.25, 0.3) is 0 Å². The zero-order chi connectivity index (χ0) is 12.0. The Morgan fingerprint density at radius 1 is 1.56 bits per heavy atom. The fourth-order valence-corrected chi connectivity index (χ4v) is 1.65. The largest absolute Gasteiger partial charge is 0.475 e. The molecule has 0 bridgehead atoms. The van der Waals surface area contributed by atoms with Crippen molar-refractivity contribution in [2.75, 3.05) is 13.1 Å². The number of rotatable bonds is 7. The lowest BCUT2D eigenvalue weighted by Gasteiger charge is -2.14. The van der Waals surface area contributed by atoms with Crippen molar-refractivity contribution < 1.29 is 4.74 Å². The second-order valence-corrected chi connectivity index (χ2v) is 4.17. The average molecular weight is 225 g/mol. The molecule has 0 fully saturated rings. The summed E-state index contributed by atoms with van der Waals surface area (Å²) in [5, 5.41) is 7.56. The summed E-state index contributed by atoms with van der Waals surface area (Å²) in [5.74, 6) is 0.855. The van der Waals surface area contributed by atoms with E-state index in [2.05, 4.69) is 24.3 Å². The number of ether oxygens (including phenoxy) is 1. The summed E-state index contributed by atoms with van der Waals surface area (Å²) in [6, 6.07) is 1.97. The topological polar surface area (TPSA) is 39.1 Å². The second-order valence-electron chi connectivity index (χ2n) is 4.17. The molecule has 4 nitrogen and oxygen atoms in total. The van der Waals surface area contributed by atoms with Gasteiger partial charge in [-0.25, -0.2) is 4.68 Å². The van der Waals surface area contributed by atoms with Crippen LogP contribution in [0.15, 0.2) is 6.07 Å². The first kappa shape index (κ1) is 13.0. The number of aryl methyl sites for hydroxylation is 2. The van der Waals surface area contributed by atoms with Gasteiger partial charge in [0, 0.05) is 13.1 Å². The quantitative estimate of drug-likeness (QED) is 0.720. The van der Waals surface area contributed by atoms with E-state index in [4.69, 9.17) is 4.74 Å². The van der Waals surface area contributed by atoms with E-state index in [-0.39, 0.29) is 6.10 Å². The van der Waals surface area contributed by atoms with E-state index in [9.17, 15) is 0 Å². The van der Waals surface area contributed by atoms with Crippen molar-refractivity contribution in [2.45, 2.75) is 39.7 Å². The van der Waals surface area contributed by atoms with Gasteiger partial charge in [0.15, 0.2) is 0 Å². The van der Waals surface area contributed by atoms with Crippen molar-refractivity contribution in [3.63, 3.8) is 0 Å². The van der Waals surface area contributed by atoms with Crippen LogP contribution in [0.25, 0.3) is 0 Å². The van der Waals surface area contributed by atoms with Crippen molar-refractivity contribution >= 4 is 0 Å². The van der Waals surface area contributed by atoms with Gasteiger partial charge in [0.2, 0.25) is 5.88 Å². The molecule has 0 aliphatic heterocycles. The monoisotopic (exact) mass is 225 g/mol. The minimum Gasteiger partial charge on any atom is -0.475 e. The van der Waals surface area contributed by atoms with Crippen LogP contribution in [0.2, 0.25) is 0 Å². The summed E-state index contributed by atoms with van der Waals surface area (Å²) in [6.45, 7) is 8.31. The van der Waals surface area contributed by atoms with Gasteiger partial charge in [0.05, 0.1) is 11.8 Å². The molecule has 1 atom stereocenters. The highest BCUT2D eigenvalue weighted by Crippen LogP contribution is 2.14. The van der Waals surface area contributed by atoms with Crippen molar-refractivity contribution in [1.82, 2.24) is 15.1 Å². The maximum absolute atomic E-state index is 5.82. The smallest absolute Gasteiger partial charge is 0.211 e. The van der Waals surface area contributed by atoms with Crippen molar-refractivity contribution in [1.29, 1.82) is 0 Å². The molecular formula is C12H23N3O. The summed E-state index contributed by atoms with van der Waals surface area (Å²) in [5.41, 5.74) is 0.998. The second kappa shape index (κ2) is 6.53. The molecule has 1 unspecified atom stereocenters. The van der Waals surface area contributed by atoms with Crippen LogP contribution in [-0.4, -0.2) is 29.0 Å². The Morgan fingerprint density at radius 3 is 2.88 bits per heavy atom. The van der Waals surface area contributed by atoms with Gasteiger partial charge < -0.3 is 10.1 Å². The van der Waals surface area contributed by atoms with Crippen LogP contribution in [0.3, 0.4) is 0 Å². The first-order valence-electron chi connectivity index (χ1n) is 6.01. The van der Waals surface area contributed by atoms with Gasteiger partial charge in [-0.2, -0.15) is 5.10 Å². The molecule has 92 valence electrons. The van der Waals surface area contributed by atoms with Gasteiger partial charge in [-0.05, 0) is 39.8 Å². The highest BCUT2D eigenvalue weighted by Gasteiger charge is 2.08. The Labute approximate surface area is 98.0 Å². The van der Waals surface area contributed by atoms with Gasteiger partial charge in [-0.3, -0.25) is 0 Å². The number of aromatic nitrogens is 2. The summed E-state index contributed by atoms with van der Waals surface area (Å²) in [4.78, 5) is 0. The van der Waals surface area contributed by atoms with E-state index in [1.54, 1.807) is 4.68 Å². The van der Waals surface area contributed by atoms with E-state index < -0.39 is 0 Å². The lowest BCUT2D eigenvalue weighted by atomic mass is 10.2. The van der Waals surface area contributed by atoms with Crippen molar-refractivity contribution in [2.24, 2.45) is 7.05 Å². The Morgan fingerprint density at radius 2 is 2.31 bits per heavy atom. The minimum atomic E-state index is 0.244. The summed E-state index contributed by atoms with van der Waals surface area (Å²) in [6.07, 6.45) is 2.46. The maximum atomic E-state index is 5.82. The standard InChI is InChI=1S/C12H23N3O/c1-5-13-8-6-7-11(3)16-12-9-10(2)14-15(12)4/h9,11,13H,5-8H2,1-4H3. The maximum Gasteiger partial charge on any atom is 0.211 e. The molecule has 1 heterocycles. The molecule has 0 saturated carbocycles. The van der Waals surface area contributed by atoms with Gasteiger partial charge in [-0.1, -0.05) is 6.92 Å². The van der Waals surface area contributed by atoms with Gasteiger partial charge in [0.1, 0.15) is 0 Å². The number of hydrogen-bond acceptors (Lipinski definition) is 3. The molecule has 0 radical (unpaired) electrons. The molecule has 1 aromatic rings. The molecule has 0 aliphatic carbocycles. The van der Waals surface area contributed by atoms with Crippen LogP contribution in [0, 0.1) is 6.92 Å². The van der Waals surface area contributed by atoms with Crippen LogP contribution in [0.5, 0.6) is 5.88 Å². The number of hydrogen-bond donors (Lipinski definition) is 1. The molecule has 0 spiro atoms. The van der Waals surface area contributed by atoms with Crippen LogP contribution >= 0.6 is 0 Å². The molecule has 1 N–H and O–H groups in total. The predicted octanol–water partition coefficient (Wildman–Crippen LogP) is 1.89. The van der Waals surface area contributed by atoms with Crippen LogP contribution in [-0.2, 0) is 7.05 Å². The molecule has 4 heteroatoms. The molecule has 0 aliphatic rings. The predicted molar refractivity (Wildman–Crippen MR) is 65.8 cm³/mol. The Kier molecular flexibility index (Phi) is 5.32. The fourth-order valence-electron chi connectivity index (χ4n) is 1.65. The first-order chi connectivity index (χ1) is 7.63. The zero-order valence-electron chi connectivity index (χ0n) is 10.8. The third-order valence-electron chi connectivity index (χ3n) is 2.50. The summed E-state index contributed by atoms with van der Waals surface area (Å²) >= 11 is 0. The van der Waals surface area contributed by atoms with Crippen LogP contribution in [0.1, 0.15) is 32.4 Å². The Balaban J connectivity index is 2.28. The molecule has 0 aromatic carbocycles. The molecular weight excluding hydrogens is 202 g/mol. The van der Waals surface area contributed by atoms with E-state index >= 15 is 0 Å². The molecule has 0 saturated heterocycles. The normalized spacial score (nSPS) is 12.8. The van der Waals surface area contributed by atoms with Crippen molar-refractivity contribution in [3.05, 3.63) is 11.8 Å². The Hall–Kier alpha value is -1.03. The molecule has 0 amide bonds. The van der Waals surface area contributed by atoms with Crippen molar-refractivity contribution in [3.8, 4) is 5.88 Å². The van der Waals surface area contributed by atoms with Gasteiger partial charge >= 0.3 is 0 Å². The fraction of sp³-hybridized carbons (Fsp3) is 0.750. The first-order valence-corrected chi connectivity index (χ1v) is 6.01. The van der Waals surface area contributed by atoms with E-state index in [1.807, 2.05) is 20.0 Å². The van der Waals surface area contributed by atoms with Gasteiger partial charge in [-0.15, -0.1) is 0 Å². The van der Waals surface area contributed by atoms with Crippen LogP contribution in [0.4, 0.5) is 0 Å². The average Bonchev–Trinajstić information content (AvgIpc) is 2.52. The number of nitrogens with zero attached hydrogens (tertiary/aromatic N) is 2. The van der Waals surface area contributed by atoms with Crippen LogP contribution < -0.4 is 10.1 Å². The highest BCUT2D eigenvalue weighted by atomic mass is 16.5. The number of nitrogens with one attached hydrogen (secondary N) is 1. The molecule has 1 rings (SSSR count). The third kappa shape index (κ3) is 4.23. The lowest BCUT2D eigenvalue weighted by molar-refractivity contribution is 0.190. The van der Waals surface area contributed by atoms with E-state index in [0.29, 0.717) is 0 Å². The SMILES string of the molecule is CCNCCCC(C)Oc1cc(C)nn1C. The minimum absolute atomic E-state index is 0.244. The molecule has 16 heavy (non-hydrogen) atoms. The van der Waals surface area contributed by atoms with E-state index in [0.717, 1.165) is 37.5 Å². The van der Waals surface area contributed by atoms with E-state index in [1.165, 1.54) is 0 Å². The Bertz CT molecular complexity index is 309. The highest BCUT2D eigenvalue weighted by molar-refractivity contribution is 5.14. The molecule has 1 aromatic heterocycles. The third-order valence-corrected chi connectivity index (χ3v) is 2.50. The summed E-state index contributed by atoms with van der Waals surface area (Å²) < 4.78 is 7.61. The lowest BCUT2D eigenvalue weighted by Crippen LogP contribution is -2.19. The summed E-state index contributed by atoms with van der Waals surface area (Å²) in [7, 11) is 1.91.